The van der Waals surface area contributed by atoms with E-state index in [-0.39, 0.29) is 32.3 Å². The van der Waals surface area contributed by atoms with Gasteiger partial charge in [-0.1, -0.05) is 46.3 Å². The smallest absolute Gasteiger partial charge is 0.252 e. The average Bonchev–Trinajstić information content (AvgIpc) is 3.70. The van der Waals surface area contributed by atoms with Crippen LogP contribution in [0.1, 0.15) is 34.8 Å². The van der Waals surface area contributed by atoms with Gasteiger partial charge in [-0.25, -0.2) is 4.99 Å². The van der Waals surface area contributed by atoms with E-state index in [1.165, 1.54) is 0 Å². The zero-order valence-corrected chi connectivity index (χ0v) is 26.3. The SMILES string of the molecule is COc1cccc([C@H]2OC(c3ccc(OCCCO)cc3)=N[C@@]2(Cc2ccc(Br)cc2)C(=O)NCc2ccc3c(c2)OCO3)c1. The molecule has 2 atom stereocenters. The monoisotopic (exact) mass is 672 g/mol. The van der Waals surface area contributed by atoms with Gasteiger partial charge in [-0.3, -0.25) is 4.79 Å². The fourth-order valence-corrected chi connectivity index (χ4v) is 5.65. The summed E-state index contributed by atoms with van der Waals surface area (Å²) in [6.07, 6.45) is 0.0595. The van der Waals surface area contributed by atoms with Crippen molar-refractivity contribution in [2.24, 2.45) is 4.99 Å². The van der Waals surface area contributed by atoms with Crippen LogP contribution in [0.15, 0.2) is 100 Å². The predicted octanol–water partition coefficient (Wildman–Crippen LogP) is 5.76. The van der Waals surface area contributed by atoms with Gasteiger partial charge in [0, 0.05) is 36.0 Å². The largest absolute Gasteiger partial charge is 0.497 e. The molecular formula is C35H33BrN2O7. The molecule has 10 heteroatoms. The van der Waals surface area contributed by atoms with Crippen LogP contribution in [-0.2, 0) is 22.5 Å². The van der Waals surface area contributed by atoms with Crippen molar-refractivity contribution in [2.75, 3.05) is 27.1 Å². The normalized spacial score (nSPS) is 18.2. The number of nitrogens with one attached hydrogen (secondary N) is 1. The molecule has 0 radical (unpaired) electrons. The minimum Gasteiger partial charge on any atom is -0.497 e. The van der Waals surface area contributed by atoms with Crippen LogP contribution in [0.4, 0.5) is 0 Å². The maximum Gasteiger partial charge on any atom is 0.252 e. The van der Waals surface area contributed by atoms with E-state index in [4.69, 9.17) is 33.8 Å². The molecule has 0 bridgehead atoms. The number of carbonyl (C=O) groups excluding carboxylic acids is 1. The number of halogens is 1. The Morgan fingerprint density at radius 3 is 2.53 bits per heavy atom. The molecule has 6 rings (SSSR count). The quantitative estimate of drug-likeness (QED) is 0.184. The van der Waals surface area contributed by atoms with Gasteiger partial charge in [0.2, 0.25) is 12.7 Å². The van der Waals surface area contributed by atoms with Crippen LogP contribution >= 0.6 is 15.9 Å². The van der Waals surface area contributed by atoms with Crippen molar-refractivity contribution < 1.29 is 33.6 Å². The van der Waals surface area contributed by atoms with Crippen molar-refractivity contribution in [3.05, 3.63) is 118 Å². The zero-order valence-electron chi connectivity index (χ0n) is 24.7. The van der Waals surface area contributed by atoms with E-state index >= 15 is 0 Å². The number of aliphatic imine (C=N–C) groups is 1. The molecule has 45 heavy (non-hydrogen) atoms. The number of aliphatic hydroxyl groups is 1. The van der Waals surface area contributed by atoms with Crippen molar-refractivity contribution >= 4 is 27.7 Å². The molecule has 232 valence electrons. The van der Waals surface area contributed by atoms with Crippen LogP contribution in [0.25, 0.3) is 0 Å². The molecule has 0 saturated carbocycles. The van der Waals surface area contributed by atoms with Gasteiger partial charge in [-0.2, -0.15) is 0 Å². The van der Waals surface area contributed by atoms with Crippen molar-refractivity contribution in [3.63, 3.8) is 0 Å². The van der Waals surface area contributed by atoms with Gasteiger partial charge in [0.05, 0.1) is 13.7 Å². The first-order valence-corrected chi connectivity index (χ1v) is 15.4. The number of aliphatic hydroxyl groups excluding tert-OH is 1. The number of ether oxygens (including phenoxy) is 5. The third-order valence-corrected chi connectivity index (χ3v) is 8.23. The van der Waals surface area contributed by atoms with Gasteiger partial charge >= 0.3 is 0 Å². The molecule has 9 nitrogen and oxygen atoms in total. The summed E-state index contributed by atoms with van der Waals surface area (Å²) in [4.78, 5) is 19.6. The van der Waals surface area contributed by atoms with Crippen LogP contribution in [0.2, 0.25) is 0 Å². The van der Waals surface area contributed by atoms with Crippen molar-refractivity contribution in [3.8, 4) is 23.0 Å². The summed E-state index contributed by atoms with van der Waals surface area (Å²) < 4.78 is 29.8. The number of carbonyl (C=O) groups is 1. The first-order chi connectivity index (χ1) is 22.0. The van der Waals surface area contributed by atoms with Crippen LogP contribution < -0.4 is 24.3 Å². The molecule has 0 fully saturated rings. The molecule has 2 N–H and O–H groups in total. The van der Waals surface area contributed by atoms with Crippen LogP contribution in [0, 0.1) is 0 Å². The predicted molar refractivity (Wildman–Crippen MR) is 172 cm³/mol. The molecule has 0 aromatic heterocycles. The Morgan fingerprint density at radius 2 is 1.76 bits per heavy atom. The minimum atomic E-state index is -1.36. The second kappa shape index (κ2) is 13.6. The fourth-order valence-electron chi connectivity index (χ4n) is 5.39. The van der Waals surface area contributed by atoms with Crippen molar-refractivity contribution in [2.45, 2.75) is 31.0 Å². The molecule has 0 aliphatic carbocycles. The Labute approximate surface area is 269 Å². The number of hydrogen-bond donors (Lipinski definition) is 2. The Morgan fingerprint density at radius 1 is 0.978 bits per heavy atom. The number of rotatable bonds is 12. The zero-order chi connectivity index (χ0) is 31.2. The lowest BCUT2D eigenvalue weighted by Crippen LogP contribution is -2.49. The van der Waals surface area contributed by atoms with Gasteiger partial charge in [0.25, 0.3) is 5.91 Å². The van der Waals surface area contributed by atoms with E-state index in [2.05, 4.69) is 21.2 Å². The van der Waals surface area contributed by atoms with Crippen LogP contribution in [0.3, 0.4) is 0 Å². The first kappa shape index (κ1) is 30.5. The summed E-state index contributed by atoms with van der Waals surface area (Å²) in [5.74, 6) is 2.70. The molecule has 0 spiro atoms. The standard InChI is InChI=1S/C35H33BrN2O7/c1-41-29-5-2-4-26(19-29)32-35(20-23-6-11-27(36)12-7-23,34(40)37-21-24-8-15-30-31(18-24)44-22-43-30)38-33(45-32)25-9-13-28(14-10-25)42-17-3-16-39/h2,4-15,18-19,32,39H,3,16-17,20-22H2,1H3,(H,37,40)/t32-,35-/m1/s1. The topological polar surface area (TPSA) is 108 Å². The lowest BCUT2D eigenvalue weighted by atomic mass is 9.82. The van der Waals surface area contributed by atoms with Crippen LogP contribution in [0.5, 0.6) is 23.0 Å². The third-order valence-electron chi connectivity index (χ3n) is 7.70. The molecular weight excluding hydrogens is 640 g/mol. The Hall–Kier alpha value is -4.54. The van der Waals surface area contributed by atoms with Crippen molar-refractivity contribution in [1.82, 2.24) is 5.32 Å². The molecule has 0 saturated heterocycles. The Bertz CT molecular complexity index is 1680. The molecule has 2 heterocycles. The van der Waals surface area contributed by atoms with Gasteiger partial charge < -0.3 is 34.1 Å². The lowest BCUT2D eigenvalue weighted by Gasteiger charge is -2.31. The van der Waals surface area contributed by atoms with E-state index in [1.54, 1.807) is 7.11 Å². The second-order valence-electron chi connectivity index (χ2n) is 10.7. The summed E-state index contributed by atoms with van der Waals surface area (Å²) in [5.41, 5.74) is 1.89. The Balaban J connectivity index is 1.38. The number of fused-ring (bicyclic) bond motifs is 1. The lowest BCUT2D eigenvalue weighted by molar-refractivity contribution is -0.129. The molecule has 2 aliphatic rings. The summed E-state index contributed by atoms with van der Waals surface area (Å²) in [7, 11) is 1.61. The molecule has 1 amide bonds. The number of methoxy groups -OCH3 is 1. The number of benzene rings is 4. The van der Waals surface area contributed by atoms with E-state index < -0.39 is 11.6 Å². The van der Waals surface area contributed by atoms with Gasteiger partial charge in [0.15, 0.2) is 23.1 Å². The molecule has 2 aliphatic heterocycles. The highest BCUT2D eigenvalue weighted by Crippen LogP contribution is 2.43. The first-order valence-electron chi connectivity index (χ1n) is 14.6. The van der Waals surface area contributed by atoms with E-state index in [0.717, 1.165) is 21.2 Å². The van der Waals surface area contributed by atoms with Gasteiger partial charge in [0.1, 0.15) is 11.5 Å². The third kappa shape index (κ3) is 6.77. The number of hydrogen-bond acceptors (Lipinski definition) is 8. The van der Waals surface area contributed by atoms with Crippen LogP contribution in [-0.4, -0.2) is 49.6 Å². The maximum atomic E-state index is 14.5. The molecule has 4 aromatic rings. The van der Waals surface area contributed by atoms with Gasteiger partial charge in [-0.05, 0) is 77.4 Å². The maximum absolute atomic E-state index is 14.5. The van der Waals surface area contributed by atoms with Gasteiger partial charge in [-0.15, -0.1) is 0 Å². The molecule has 0 unspecified atom stereocenters. The number of nitrogens with zero attached hydrogens (tertiary/aromatic N) is 1. The van der Waals surface area contributed by atoms with E-state index in [1.807, 2.05) is 91.0 Å². The summed E-state index contributed by atoms with van der Waals surface area (Å²) in [6, 6.07) is 28.4. The highest BCUT2D eigenvalue weighted by atomic mass is 79.9. The van der Waals surface area contributed by atoms with E-state index in [9.17, 15) is 4.79 Å². The second-order valence-corrected chi connectivity index (χ2v) is 11.7. The highest BCUT2D eigenvalue weighted by molar-refractivity contribution is 9.10. The van der Waals surface area contributed by atoms with E-state index in [0.29, 0.717) is 47.5 Å². The fraction of sp³-hybridized carbons (Fsp3) is 0.257. The summed E-state index contributed by atoms with van der Waals surface area (Å²) in [5, 5.41) is 12.2. The number of amides is 1. The van der Waals surface area contributed by atoms with Crippen molar-refractivity contribution in [1.29, 1.82) is 0 Å². The average molecular weight is 674 g/mol. The Kier molecular flexibility index (Phi) is 9.23. The molecule has 4 aromatic carbocycles. The highest BCUT2D eigenvalue weighted by Gasteiger charge is 2.53. The minimum absolute atomic E-state index is 0.0611. The summed E-state index contributed by atoms with van der Waals surface area (Å²) in [6.45, 7) is 0.901. The summed E-state index contributed by atoms with van der Waals surface area (Å²) >= 11 is 3.52.